The number of hydrogen-bond acceptors (Lipinski definition) is 3. The van der Waals surface area contributed by atoms with Gasteiger partial charge < -0.3 is 4.74 Å². The molecule has 0 heterocycles. The van der Waals surface area contributed by atoms with Crippen LogP contribution in [0.5, 0.6) is 5.75 Å². The van der Waals surface area contributed by atoms with Gasteiger partial charge in [0.2, 0.25) is 10.0 Å². The van der Waals surface area contributed by atoms with Crippen molar-refractivity contribution in [3.05, 3.63) is 30.3 Å². The molecule has 0 spiro atoms. The maximum Gasteiger partial charge on any atom is 0.241 e. The van der Waals surface area contributed by atoms with Gasteiger partial charge in [-0.2, -0.15) is 0 Å². The summed E-state index contributed by atoms with van der Waals surface area (Å²) in [5.74, 6) is 0.646. The third-order valence-electron chi connectivity index (χ3n) is 2.15. The van der Waals surface area contributed by atoms with E-state index in [0.717, 1.165) is 18.9 Å². The lowest BCUT2D eigenvalue weighted by molar-refractivity contribution is 0.414. The van der Waals surface area contributed by atoms with Crippen molar-refractivity contribution in [3.63, 3.8) is 0 Å². The summed E-state index contributed by atoms with van der Waals surface area (Å²) >= 11 is 0. The minimum atomic E-state index is -3.36. The van der Waals surface area contributed by atoms with Crippen LogP contribution in [0.15, 0.2) is 29.2 Å². The molecule has 1 aromatic rings. The van der Waals surface area contributed by atoms with E-state index in [9.17, 15) is 8.42 Å². The fraction of sp³-hybridized carbons (Fsp3) is 0.300. The smallest absolute Gasteiger partial charge is 0.241 e. The second-order valence-corrected chi connectivity index (χ2v) is 5.07. The first kappa shape index (κ1) is 10.4. The molecule has 0 aromatic heterocycles. The number of sulfonamides is 1. The van der Waals surface area contributed by atoms with E-state index in [1.165, 1.54) is 12.1 Å². The maximum atomic E-state index is 11.7. The van der Waals surface area contributed by atoms with Gasteiger partial charge in [-0.3, -0.25) is 0 Å². The van der Waals surface area contributed by atoms with Gasteiger partial charge in [0, 0.05) is 0 Å². The van der Waals surface area contributed by atoms with Gasteiger partial charge in [0.15, 0.2) is 0 Å². The Morgan fingerprint density at radius 1 is 1.20 bits per heavy atom. The second kappa shape index (κ2) is 3.83. The predicted molar refractivity (Wildman–Crippen MR) is 55.8 cm³/mol. The van der Waals surface area contributed by atoms with Crippen molar-refractivity contribution >= 4 is 10.0 Å². The average molecular weight is 226 g/mol. The van der Waals surface area contributed by atoms with Crippen molar-refractivity contribution in [2.75, 3.05) is 7.11 Å². The van der Waals surface area contributed by atoms with E-state index in [1.807, 2.05) is 0 Å². The number of nitrogens with one attached hydrogen (secondary N) is 1. The summed E-state index contributed by atoms with van der Waals surface area (Å²) in [5, 5.41) is 0. The summed E-state index contributed by atoms with van der Waals surface area (Å²) in [5.41, 5.74) is 0. The molecule has 0 aliphatic heterocycles. The molecule has 5 heteroatoms. The van der Waals surface area contributed by atoms with Crippen LogP contribution in [0, 0.1) is 6.04 Å². The first-order valence-corrected chi connectivity index (χ1v) is 6.12. The molecule has 15 heavy (non-hydrogen) atoms. The molecule has 1 radical (unpaired) electrons. The Bertz CT molecular complexity index is 434. The summed E-state index contributed by atoms with van der Waals surface area (Å²) in [4.78, 5) is 0.266. The Morgan fingerprint density at radius 2 is 1.80 bits per heavy atom. The van der Waals surface area contributed by atoms with Crippen LogP contribution >= 0.6 is 0 Å². The molecule has 1 N–H and O–H groups in total. The molecule has 0 unspecified atom stereocenters. The summed E-state index contributed by atoms with van der Waals surface area (Å²) in [6.07, 6.45) is 1.71. The minimum Gasteiger partial charge on any atom is -0.497 e. The largest absolute Gasteiger partial charge is 0.497 e. The highest BCUT2D eigenvalue weighted by molar-refractivity contribution is 7.89. The molecule has 1 aromatic carbocycles. The molecular weight excluding hydrogens is 214 g/mol. The van der Waals surface area contributed by atoms with Crippen LogP contribution in [0.1, 0.15) is 12.8 Å². The van der Waals surface area contributed by atoms with Crippen LogP contribution in [-0.4, -0.2) is 15.5 Å². The van der Waals surface area contributed by atoms with Crippen LogP contribution < -0.4 is 9.46 Å². The zero-order valence-electron chi connectivity index (χ0n) is 8.36. The predicted octanol–water partition coefficient (Wildman–Crippen LogP) is 1.30. The van der Waals surface area contributed by atoms with Crippen LogP contribution in [0.2, 0.25) is 0 Å². The fourth-order valence-electron chi connectivity index (χ4n) is 1.17. The van der Waals surface area contributed by atoms with Gasteiger partial charge in [-0.25, -0.2) is 13.1 Å². The van der Waals surface area contributed by atoms with E-state index in [0.29, 0.717) is 5.75 Å². The van der Waals surface area contributed by atoms with Crippen molar-refractivity contribution in [1.82, 2.24) is 4.72 Å². The molecule has 0 bridgehead atoms. The lowest BCUT2D eigenvalue weighted by Crippen LogP contribution is -2.21. The highest BCUT2D eigenvalue weighted by Crippen LogP contribution is 2.30. The van der Waals surface area contributed by atoms with Crippen LogP contribution in [0.25, 0.3) is 0 Å². The van der Waals surface area contributed by atoms with E-state index in [4.69, 9.17) is 4.74 Å². The maximum absolute atomic E-state index is 11.7. The van der Waals surface area contributed by atoms with Crippen molar-refractivity contribution < 1.29 is 13.2 Å². The molecule has 4 nitrogen and oxygen atoms in total. The van der Waals surface area contributed by atoms with Gasteiger partial charge in [0.1, 0.15) is 5.75 Å². The van der Waals surface area contributed by atoms with E-state index in [1.54, 1.807) is 19.2 Å². The lowest BCUT2D eigenvalue weighted by atomic mass is 10.3. The number of benzene rings is 1. The Balaban J connectivity index is 2.19. The molecule has 1 aliphatic rings. The zero-order chi connectivity index (χ0) is 10.9. The zero-order valence-corrected chi connectivity index (χ0v) is 9.17. The summed E-state index contributed by atoms with van der Waals surface area (Å²) in [6, 6.07) is 7.21. The van der Waals surface area contributed by atoms with Gasteiger partial charge in [-0.05, 0) is 37.1 Å². The van der Waals surface area contributed by atoms with Gasteiger partial charge in [-0.1, -0.05) is 0 Å². The molecule has 2 rings (SSSR count). The van der Waals surface area contributed by atoms with Gasteiger partial charge in [-0.15, -0.1) is 0 Å². The van der Waals surface area contributed by atoms with E-state index in [2.05, 4.69) is 4.72 Å². The Kier molecular flexibility index (Phi) is 2.67. The number of methoxy groups -OCH3 is 1. The van der Waals surface area contributed by atoms with Crippen molar-refractivity contribution in [1.29, 1.82) is 0 Å². The standard InChI is InChI=1S/C10H12NO3S/c1-14-9-4-6-10(7-5-9)15(12,13)11-8-2-3-8/h4-7,11H,2-3H2,1H3. The van der Waals surface area contributed by atoms with E-state index >= 15 is 0 Å². The normalized spacial score (nSPS) is 16.3. The lowest BCUT2D eigenvalue weighted by Gasteiger charge is -2.05. The molecule has 0 saturated heterocycles. The third kappa shape index (κ3) is 2.49. The molecule has 1 saturated carbocycles. The summed E-state index contributed by atoms with van der Waals surface area (Å²) in [6.45, 7) is 0. The summed E-state index contributed by atoms with van der Waals surface area (Å²) < 4.78 is 30.9. The highest BCUT2D eigenvalue weighted by Gasteiger charge is 2.28. The molecule has 0 atom stereocenters. The fourth-order valence-corrected chi connectivity index (χ4v) is 2.36. The van der Waals surface area contributed by atoms with Crippen molar-refractivity contribution in [3.8, 4) is 5.75 Å². The Hall–Kier alpha value is -1.07. The number of rotatable bonds is 4. The SMILES string of the molecule is COc1ccc(S(=O)(=O)N[C]2CC2)cc1. The number of ether oxygens (including phenoxy) is 1. The van der Waals surface area contributed by atoms with E-state index < -0.39 is 10.0 Å². The molecule has 81 valence electrons. The van der Waals surface area contributed by atoms with Gasteiger partial charge >= 0.3 is 0 Å². The monoisotopic (exact) mass is 226 g/mol. The summed E-state index contributed by atoms with van der Waals surface area (Å²) in [7, 11) is -1.82. The van der Waals surface area contributed by atoms with Gasteiger partial charge in [0.25, 0.3) is 0 Å². The Labute approximate surface area is 89.3 Å². The topological polar surface area (TPSA) is 55.4 Å². The Morgan fingerprint density at radius 3 is 2.27 bits per heavy atom. The molecule has 1 fully saturated rings. The molecule has 1 aliphatic carbocycles. The average Bonchev–Trinajstić information content (AvgIpc) is 3.01. The van der Waals surface area contributed by atoms with E-state index in [-0.39, 0.29) is 4.90 Å². The van der Waals surface area contributed by atoms with Gasteiger partial charge in [0.05, 0.1) is 18.0 Å². The van der Waals surface area contributed by atoms with Crippen molar-refractivity contribution in [2.45, 2.75) is 17.7 Å². The number of hydrogen-bond donors (Lipinski definition) is 1. The van der Waals surface area contributed by atoms with Crippen molar-refractivity contribution in [2.24, 2.45) is 0 Å². The minimum absolute atomic E-state index is 0.266. The molecule has 0 amide bonds. The van der Waals surface area contributed by atoms with Crippen LogP contribution in [-0.2, 0) is 10.0 Å². The van der Waals surface area contributed by atoms with Crippen LogP contribution in [0.3, 0.4) is 0 Å². The van der Waals surface area contributed by atoms with Crippen LogP contribution in [0.4, 0.5) is 0 Å². The quantitative estimate of drug-likeness (QED) is 0.842. The first-order chi connectivity index (χ1) is 7.12. The highest BCUT2D eigenvalue weighted by atomic mass is 32.2. The first-order valence-electron chi connectivity index (χ1n) is 4.63. The second-order valence-electron chi connectivity index (χ2n) is 3.38. The molecular formula is C10H12NO3S. The third-order valence-corrected chi connectivity index (χ3v) is 3.60.